The van der Waals surface area contributed by atoms with Crippen molar-refractivity contribution in [1.29, 1.82) is 0 Å². The highest BCUT2D eigenvalue weighted by Crippen LogP contribution is 2.53. The van der Waals surface area contributed by atoms with Crippen LogP contribution in [0.4, 0.5) is 0 Å². The Bertz CT molecular complexity index is 3480. The molecule has 4 nitrogen and oxygen atoms in total. The number of aromatic hydroxyl groups is 1. The van der Waals surface area contributed by atoms with Crippen LogP contribution in [0.15, 0.2) is 164 Å². The van der Waals surface area contributed by atoms with Crippen LogP contribution in [0.25, 0.3) is 72.7 Å². The van der Waals surface area contributed by atoms with E-state index in [2.05, 4.69) is 252 Å². The first-order valence-electron chi connectivity index (χ1n) is 25.0. The Morgan fingerprint density at radius 3 is 1.79 bits per heavy atom. The van der Waals surface area contributed by atoms with Crippen LogP contribution in [0.5, 0.6) is 5.75 Å². The largest absolute Gasteiger partial charge is 0.507 e. The van der Waals surface area contributed by atoms with Crippen molar-refractivity contribution in [2.45, 2.75) is 117 Å². The van der Waals surface area contributed by atoms with Gasteiger partial charge >= 0.3 is 0 Å². The fourth-order valence-corrected chi connectivity index (χ4v) is 10.8. The van der Waals surface area contributed by atoms with E-state index in [0.29, 0.717) is 11.4 Å². The molecule has 1 N–H and O–H groups in total. The minimum Gasteiger partial charge on any atom is -0.507 e. The molecule has 0 radical (unpaired) electrons. The minimum atomic E-state index is -0.360. The molecule has 9 aromatic rings. The van der Waals surface area contributed by atoms with Gasteiger partial charge in [0, 0.05) is 44.8 Å². The number of rotatable bonds is 7. The highest BCUT2D eigenvalue weighted by atomic mass is 16.3. The zero-order chi connectivity index (χ0) is 49.7. The molecule has 0 saturated carbocycles. The van der Waals surface area contributed by atoms with E-state index in [0.717, 1.165) is 61.4 Å². The molecule has 0 atom stereocenters. The van der Waals surface area contributed by atoms with Gasteiger partial charge in [0.1, 0.15) is 11.6 Å². The van der Waals surface area contributed by atoms with Gasteiger partial charge in [0.25, 0.3) is 0 Å². The van der Waals surface area contributed by atoms with Gasteiger partial charge in [-0.2, -0.15) is 0 Å². The molecule has 2 heterocycles. The fourth-order valence-electron chi connectivity index (χ4n) is 10.8. The zero-order valence-corrected chi connectivity index (χ0v) is 43.4. The van der Waals surface area contributed by atoms with Crippen LogP contribution in [0.3, 0.4) is 0 Å². The van der Waals surface area contributed by atoms with Crippen LogP contribution < -0.4 is 0 Å². The van der Waals surface area contributed by atoms with Crippen molar-refractivity contribution in [2.75, 3.05) is 0 Å². The van der Waals surface area contributed by atoms with E-state index in [1.165, 1.54) is 38.9 Å². The standard InChI is InChI=1S/C66H67N3O/c1-62(2,3)45-31-32-55(50(38-45)41-23-16-14-17-24-41)69-56-30-22-28-48(59(56)68-61(69)51-39-46(63(4,5)6)40-54(60(51)70)64(7,8)9)42-35-43(37-47(36-42)65(10,11)44-25-18-15-19-26-44)58-57-49-27-20-21-29-52(49)66(12,13)53(57)33-34-67-58/h14-40,70H,1-13H3. The van der Waals surface area contributed by atoms with E-state index in [-0.39, 0.29) is 32.8 Å². The van der Waals surface area contributed by atoms with Crippen molar-refractivity contribution in [2.24, 2.45) is 0 Å². The number of fused-ring (bicyclic) bond motifs is 4. The van der Waals surface area contributed by atoms with E-state index in [9.17, 15) is 5.11 Å². The molecular weight excluding hydrogens is 851 g/mol. The Balaban J connectivity index is 1.32. The highest BCUT2D eigenvalue weighted by Gasteiger charge is 2.38. The van der Waals surface area contributed by atoms with Gasteiger partial charge in [0.2, 0.25) is 0 Å². The first-order valence-corrected chi connectivity index (χ1v) is 25.0. The molecule has 352 valence electrons. The zero-order valence-electron chi connectivity index (χ0n) is 43.4. The minimum absolute atomic E-state index is 0.0855. The van der Waals surface area contributed by atoms with Gasteiger partial charge in [-0.15, -0.1) is 0 Å². The number of hydrogen-bond acceptors (Lipinski definition) is 3. The lowest BCUT2D eigenvalue weighted by molar-refractivity contribution is 0.446. The number of hydrogen-bond donors (Lipinski definition) is 1. The summed E-state index contributed by atoms with van der Waals surface area (Å²) >= 11 is 0. The number of phenols is 1. The molecule has 1 aliphatic rings. The molecule has 10 rings (SSSR count). The summed E-state index contributed by atoms with van der Waals surface area (Å²) in [7, 11) is 0. The highest BCUT2D eigenvalue weighted by molar-refractivity contribution is 5.99. The van der Waals surface area contributed by atoms with E-state index in [4.69, 9.17) is 9.97 Å². The van der Waals surface area contributed by atoms with Crippen molar-refractivity contribution in [3.63, 3.8) is 0 Å². The van der Waals surface area contributed by atoms with Gasteiger partial charge in [0.15, 0.2) is 0 Å². The Labute approximate surface area is 416 Å². The average molecular weight is 918 g/mol. The summed E-state index contributed by atoms with van der Waals surface area (Å²) in [6, 6.07) is 57.4. The number of imidazole rings is 1. The Morgan fingerprint density at radius 1 is 0.471 bits per heavy atom. The van der Waals surface area contributed by atoms with Crippen LogP contribution in [0, 0.1) is 0 Å². The van der Waals surface area contributed by atoms with Crippen molar-refractivity contribution < 1.29 is 5.11 Å². The van der Waals surface area contributed by atoms with E-state index in [1.807, 2.05) is 6.20 Å². The third kappa shape index (κ3) is 7.86. The number of pyridine rings is 1. The molecule has 0 bridgehead atoms. The molecule has 0 spiro atoms. The van der Waals surface area contributed by atoms with Gasteiger partial charge in [-0.05, 0) is 109 Å². The summed E-state index contributed by atoms with van der Waals surface area (Å²) in [6.45, 7) is 29.4. The summed E-state index contributed by atoms with van der Waals surface area (Å²) in [5, 5.41) is 12.7. The van der Waals surface area contributed by atoms with Gasteiger partial charge in [-0.3, -0.25) is 9.55 Å². The number of nitrogens with zero attached hydrogens (tertiary/aromatic N) is 3. The number of aromatic nitrogens is 3. The third-order valence-corrected chi connectivity index (χ3v) is 15.1. The van der Waals surface area contributed by atoms with Crippen molar-refractivity contribution in [3.8, 4) is 67.5 Å². The number of benzene rings is 7. The van der Waals surface area contributed by atoms with Crippen LogP contribution in [-0.2, 0) is 27.1 Å². The Morgan fingerprint density at radius 2 is 1.10 bits per heavy atom. The van der Waals surface area contributed by atoms with Gasteiger partial charge in [-0.1, -0.05) is 205 Å². The molecular formula is C66H67N3O. The van der Waals surface area contributed by atoms with Gasteiger partial charge in [-0.25, -0.2) is 4.98 Å². The molecule has 0 aliphatic heterocycles. The Kier molecular flexibility index (Phi) is 11.0. The van der Waals surface area contributed by atoms with Crippen LogP contribution >= 0.6 is 0 Å². The fraction of sp³-hybridized carbons (Fsp3) is 0.273. The quantitative estimate of drug-likeness (QED) is 0.173. The summed E-state index contributed by atoms with van der Waals surface area (Å²) in [6.07, 6.45) is 1.99. The van der Waals surface area contributed by atoms with Crippen molar-refractivity contribution >= 4 is 11.0 Å². The predicted molar refractivity (Wildman–Crippen MR) is 295 cm³/mol. The lowest BCUT2D eigenvalue weighted by atomic mass is 9.76. The lowest BCUT2D eigenvalue weighted by Gasteiger charge is -2.28. The van der Waals surface area contributed by atoms with Gasteiger partial charge < -0.3 is 5.11 Å². The average Bonchev–Trinajstić information content (AvgIpc) is 3.83. The maximum atomic E-state index is 12.7. The molecule has 2 aromatic heterocycles. The summed E-state index contributed by atoms with van der Waals surface area (Å²) < 4.78 is 2.31. The lowest BCUT2D eigenvalue weighted by Crippen LogP contribution is -2.19. The van der Waals surface area contributed by atoms with E-state index in [1.54, 1.807) is 0 Å². The molecule has 4 heteroatoms. The van der Waals surface area contributed by atoms with Crippen LogP contribution in [-0.4, -0.2) is 19.6 Å². The Hall–Kier alpha value is -7.04. The second kappa shape index (κ2) is 16.5. The third-order valence-electron chi connectivity index (χ3n) is 15.1. The second-order valence-electron chi connectivity index (χ2n) is 23.8. The van der Waals surface area contributed by atoms with Gasteiger partial charge in [0.05, 0.1) is 28.0 Å². The maximum Gasteiger partial charge on any atom is 0.149 e. The molecule has 70 heavy (non-hydrogen) atoms. The number of phenolic OH excluding ortho intramolecular Hbond substituents is 1. The first-order chi connectivity index (χ1) is 33.0. The number of para-hydroxylation sites is 1. The molecule has 7 aromatic carbocycles. The van der Waals surface area contributed by atoms with Crippen LogP contribution in [0.2, 0.25) is 0 Å². The monoisotopic (exact) mass is 918 g/mol. The van der Waals surface area contributed by atoms with Crippen LogP contribution in [0.1, 0.15) is 129 Å². The summed E-state index contributed by atoms with van der Waals surface area (Å²) in [4.78, 5) is 11.1. The normalized spacial score (nSPS) is 13.7. The molecule has 0 fully saturated rings. The summed E-state index contributed by atoms with van der Waals surface area (Å²) in [5.41, 5.74) is 19.4. The molecule has 0 saturated heterocycles. The maximum absolute atomic E-state index is 12.7. The van der Waals surface area contributed by atoms with Crippen molar-refractivity contribution in [3.05, 3.63) is 203 Å². The first kappa shape index (κ1) is 46.7. The SMILES string of the molecule is CC(C)(C)c1ccc(-n2c(-c3cc(C(C)(C)C)cc(C(C)(C)C)c3O)nc3c(-c4cc(-c5nccc6c5-c5ccccc5C6(C)C)cc(C(C)(C)c5ccccc5)c4)cccc32)c(-c2ccccc2)c1. The van der Waals surface area contributed by atoms with E-state index < -0.39 is 0 Å². The molecule has 1 aliphatic carbocycles. The second-order valence-corrected chi connectivity index (χ2v) is 23.8. The molecule has 0 amide bonds. The molecule has 0 unspecified atom stereocenters. The van der Waals surface area contributed by atoms with E-state index >= 15 is 0 Å². The van der Waals surface area contributed by atoms with Crippen molar-refractivity contribution in [1.82, 2.24) is 14.5 Å². The topological polar surface area (TPSA) is 50.9 Å². The summed E-state index contributed by atoms with van der Waals surface area (Å²) in [5.74, 6) is 0.951. The smallest absolute Gasteiger partial charge is 0.149 e. The predicted octanol–water partition coefficient (Wildman–Crippen LogP) is 17.3.